The van der Waals surface area contributed by atoms with Gasteiger partial charge in [-0.25, -0.2) is 4.39 Å². The van der Waals surface area contributed by atoms with Crippen molar-refractivity contribution in [3.8, 4) is 5.75 Å². The first-order chi connectivity index (χ1) is 10.2. The Morgan fingerprint density at radius 1 is 1.19 bits per heavy atom. The number of nitrogens with one attached hydrogen (secondary N) is 1. The molecular formula is C18H22FNO. The average Bonchev–Trinajstić information content (AvgIpc) is 2.50. The molecule has 1 atom stereocenters. The molecule has 2 nitrogen and oxygen atoms in total. The minimum Gasteiger partial charge on any atom is -0.496 e. The van der Waals surface area contributed by atoms with Gasteiger partial charge in [0.1, 0.15) is 11.6 Å². The van der Waals surface area contributed by atoms with Gasteiger partial charge in [0.25, 0.3) is 0 Å². The zero-order chi connectivity index (χ0) is 15.2. The molecule has 0 saturated heterocycles. The maximum absolute atomic E-state index is 13.5. The van der Waals surface area contributed by atoms with Gasteiger partial charge >= 0.3 is 0 Å². The maximum Gasteiger partial charge on any atom is 0.126 e. The second kappa shape index (κ2) is 7.23. The highest BCUT2D eigenvalue weighted by Gasteiger charge is 2.14. The van der Waals surface area contributed by atoms with Crippen molar-refractivity contribution in [1.82, 2.24) is 5.32 Å². The summed E-state index contributed by atoms with van der Waals surface area (Å²) >= 11 is 0. The molecule has 0 aliphatic rings. The van der Waals surface area contributed by atoms with Gasteiger partial charge in [-0.1, -0.05) is 37.3 Å². The standard InChI is InChI=1S/C18H22FNO/c1-4-20-17(14-9-10-16(19)13(2)11-14)12-15-7-5-6-8-18(15)21-3/h5-11,17,20H,4,12H2,1-3H3. The van der Waals surface area contributed by atoms with Gasteiger partial charge in [0.05, 0.1) is 7.11 Å². The summed E-state index contributed by atoms with van der Waals surface area (Å²) in [5.74, 6) is 0.727. The minimum atomic E-state index is -0.161. The zero-order valence-corrected chi connectivity index (χ0v) is 12.8. The number of methoxy groups -OCH3 is 1. The second-order valence-electron chi connectivity index (χ2n) is 5.13. The number of hydrogen-bond acceptors (Lipinski definition) is 2. The van der Waals surface area contributed by atoms with E-state index in [1.54, 1.807) is 14.0 Å². The van der Waals surface area contributed by atoms with E-state index in [9.17, 15) is 4.39 Å². The van der Waals surface area contributed by atoms with Crippen molar-refractivity contribution >= 4 is 0 Å². The Morgan fingerprint density at radius 2 is 1.95 bits per heavy atom. The van der Waals surface area contributed by atoms with Crippen molar-refractivity contribution in [3.63, 3.8) is 0 Å². The fourth-order valence-electron chi connectivity index (χ4n) is 2.53. The van der Waals surface area contributed by atoms with Crippen LogP contribution in [0.25, 0.3) is 0 Å². The Kier molecular flexibility index (Phi) is 5.34. The molecule has 2 rings (SSSR count). The molecule has 0 aliphatic carbocycles. The molecule has 21 heavy (non-hydrogen) atoms. The van der Waals surface area contributed by atoms with E-state index >= 15 is 0 Å². The number of benzene rings is 2. The third-order valence-electron chi connectivity index (χ3n) is 3.65. The summed E-state index contributed by atoms with van der Waals surface area (Å²) < 4.78 is 18.9. The van der Waals surface area contributed by atoms with Crippen LogP contribution in [0, 0.1) is 12.7 Å². The van der Waals surface area contributed by atoms with Gasteiger partial charge in [0.2, 0.25) is 0 Å². The van der Waals surface area contributed by atoms with E-state index in [4.69, 9.17) is 4.74 Å². The second-order valence-corrected chi connectivity index (χ2v) is 5.13. The van der Waals surface area contributed by atoms with E-state index in [0.29, 0.717) is 5.56 Å². The highest BCUT2D eigenvalue weighted by Crippen LogP contribution is 2.26. The van der Waals surface area contributed by atoms with E-state index in [2.05, 4.69) is 18.3 Å². The first-order valence-electron chi connectivity index (χ1n) is 7.27. The Morgan fingerprint density at radius 3 is 2.62 bits per heavy atom. The van der Waals surface area contributed by atoms with E-state index < -0.39 is 0 Å². The lowest BCUT2D eigenvalue weighted by atomic mass is 9.97. The fourth-order valence-corrected chi connectivity index (χ4v) is 2.53. The normalized spacial score (nSPS) is 12.2. The summed E-state index contributed by atoms with van der Waals surface area (Å²) in [5, 5.41) is 3.47. The molecule has 1 unspecified atom stereocenters. The van der Waals surface area contributed by atoms with Gasteiger partial charge in [-0.05, 0) is 48.7 Å². The van der Waals surface area contributed by atoms with Crippen molar-refractivity contribution in [2.45, 2.75) is 26.3 Å². The molecule has 2 aromatic rings. The van der Waals surface area contributed by atoms with Crippen LogP contribution in [0.5, 0.6) is 5.75 Å². The van der Waals surface area contributed by atoms with Crippen LogP contribution in [0.4, 0.5) is 4.39 Å². The number of halogens is 1. The monoisotopic (exact) mass is 287 g/mol. The quantitative estimate of drug-likeness (QED) is 0.866. The van der Waals surface area contributed by atoms with Crippen LogP contribution < -0.4 is 10.1 Å². The number of hydrogen-bond donors (Lipinski definition) is 1. The first-order valence-corrected chi connectivity index (χ1v) is 7.27. The van der Waals surface area contributed by atoms with E-state index in [0.717, 1.165) is 29.8 Å². The van der Waals surface area contributed by atoms with Crippen LogP contribution >= 0.6 is 0 Å². The molecular weight excluding hydrogens is 265 g/mol. The Labute approximate surface area is 126 Å². The summed E-state index contributed by atoms with van der Waals surface area (Å²) in [6.45, 7) is 4.73. The van der Waals surface area contributed by atoms with Crippen LogP contribution in [-0.2, 0) is 6.42 Å². The number of likely N-dealkylation sites (N-methyl/N-ethyl adjacent to an activating group) is 1. The van der Waals surface area contributed by atoms with Crippen molar-refractivity contribution in [1.29, 1.82) is 0 Å². The molecule has 0 aliphatic heterocycles. The van der Waals surface area contributed by atoms with Crippen LogP contribution in [0.1, 0.15) is 29.7 Å². The van der Waals surface area contributed by atoms with Crippen molar-refractivity contribution < 1.29 is 9.13 Å². The third kappa shape index (κ3) is 3.82. The van der Waals surface area contributed by atoms with Crippen molar-refractivity contribution in [2.75, 3.05) is 13.7 Å². The lowest BCUT2D eigenvalue weighted by molar-refractivity contribution is 0.405. The number of rotatable bonds is 6. The Balaban J connectivity index is 2.28. The molecule has 3 heteroatoms. The Hall–Kier alpha value is -1.87. The Bertz CT molecular complexity index is 598. The largest absolute Gasteiger partial charge is 0.496 e. The van der Waals surface area contributed by atoms with Gasteiger partial charge in [0.15, 0.2) is 0 Å². The van der Waals surface area contributed by atoms with Crippen LogP contribution in [0.2, 0.25) is 0 Å². The molecule has 0 aromatic heterocycles. The molecule has 0 radical (unpaired) electrons. The topological polar surface area (TPSA) is 21.3 Å². The lowest BCUT2D eigenvalue weighted by Gasteiger charge is -2.20. The minimum absolute atomic E-state index is 0.144. The average molecular weight is 287 g/mol. The van der Waals surface area contributed by atoms with Crippen molar-refractivity contribution in [2.24, 2.45) is 0 Å². The SMILES string of the molecule is CCNC(Cc1ccccc1OC)c1ccc(F)c(C)c1. The zero-order valence-electron chi connectivity index (χ0n) is 12.8. The smallest absolute Gasteiger partial charge is 0.126 e. The van der Waals surface area contributed by atoms with E-state index in [-0.39, 0.29) is 11.9 Å². The summed E-state index contributed by atoms with van der Waals surface area (Å²) in [6, 6.07) is 13.5. The molecule has 112 valence electrons. The predicted molar refractivity (Wildman–Crippen MR) is 84.3 cm³/mol. The maximum atomic E-state index is 13.5. The predicted octanol–water partition coefficient (Wildman–Crippen LogP) is 4.04. The van der Waals surface area contributed by atoms with Crippen LogP contribution in [-0.4, -0.2) is 13.7 Å². The molecule has 0 spiro atoms. The molecule has 0 bridgehead atoms. The van der Waals surface area contributed by atoms with E-state index in [1.165, 1.54) is 6.07 Å². The highest BCUT2D eigenvalue weighted by molar-refractivity contribution is 5.36. The van der Waals surface area contributed by atoms with Crippen molar-refractivity contribution in [3.05, 3.63) is 65.0 Å². The number of ether oxygens (including phenoxy) is 1. The lowest BCUT2D eigenvalue weighted by Crippen LogP contribution is -2.23. The van der Waals surface area contributed by atoms with E-state index in [1.807, 2.05) is 30.3 Å². The molecule has 0 fully saturated rings. The van der Waals surface area contributed by atoms with Crippen LogP contribution in [0.15, 0.2) is 42.5 Å². The molecule has 2 aromatic carbocycles. The third-order valence-corrected chi connectivity index (χ3v) is 3.65. The summed E-state index contributed by atoms with van der Waals surface area (Å²) in [6.07, 6.45) is 0.808. The molecule has 0 amide bonds. The molecule has 0 saturated carbocycles. The summed E-state index contributed by atoms with van der Waals surface area (Å²) in [7, 11) is 1.68. The summed E-state index contributed by atoms with van der Waals surface area (Å²) in [4.78, 5) is 0. The van der Waals surface area contributed by atoms with Gasteiger partial charge < -0.3 is 10.1 Å². The summed E-state index contributed by atoms with van der Waals surface area (Å²) in [5.41, 5.74) is 2.92. The molecule has 0 heterocycles. The van der Waals surface area contributed by atoms with Gasteiger partial charge in [-0.2, -0.15) is 0 Å². The number of aryl methyl sites for hydroxylation is 1. The van der Waals surface area contributed by atoms with Gasteiger partial charge in [-0.15, -0.1) is 0 Å². The fraction of sp³-hybridized carbons (Fsp3) is 0.333. The number of para-hydroxylation sites is 1. The van der Waals surface area contributed by atoms with Crippen LogP contribution in [0.3, 0.4) is 0 Å². The van der Waals surface area contributed by atoms with Gasteiger partial charge in [-0.3, -0.25) is 0 Å². The molecule has 1 N–H and O–H groups in total. The van der Waals surface area contributed by atoms with Gasteiger partial charge in [0, 0.05) is 6.04 Å². The highest BCUT2D eigenvalue weighted by atomic mass is 19.1. The first kappa shape index (κ1) is 15.5.